The van der Waals surface area contributed by atoms with Crippen LogP contribution in [0, 0.1) is 6.92 Å². The number of H-pyrrole nitrogens is 1. The van der Waals surface area contributed by atoms with Gasteiger partial charge in [-0.3, -0.25) is 14.3 Å². The number of amides is 1. The zero-order valence-electron chi connectivity index (χ0n) is 21.2. The number of aromatic nitrogens is 3. The van der Waals surface area contributed by atoms with E-state index in [-0.39, 0.29) is 17.5 Å². The van der Waals surface area contributed by atoms with Crippen molar-refractivity contribution in [2.24, 2.45) is 0 Å². The number of hydrogen-bond donors (Lipinski definition) is 2. The van der Waals surface area contributed by atoms with Crippen LogP contribution >= 0.6 is 0 Å². The summed E-state index contributed by atoms with van der Waals surface area (Å²) in [6.07, 6.45) is 9.65. The third-order valence-corrected chi connectivity index (χ3v) is 7.76. The summed E-state index contributed by atoms with van der Waals surface area (Å²) in [5.41, 5.74) is 5.22. The molecule has 0 radical (unpaired) electrons. The first-order valence-corrected chi connectivity index (χ1v) is 13.2. The molecule has 37 heavy (non-hydrogen) atoms. The van der Waals surface area contributed by atoms with E-state index < -0.39 is 0 Å². The molecule has 0 spiro atoms. The summed E-state index contributed by atoms with van der Waals surface area (Å²) in [4.78, 5) is 31.7. The van der Waals surface area contributed by atoms with E-state index in [4.69, 9.17) is 9.47 Å². The maximum atomic E-state index is 13.5. The molecule has 0 atom stereocenters. The molecule has 2 N–H and O–H groups in total. The highest BCUT2D eigenvalue weighted by atomic mass is 16.5. The first-order valence-electron chi connectivity index (χ1n) is 13.2. The lowest BCUT2D eigenvalue weighted by atomic mass is 10.0. The number of aryl methyl sites for hydroxylation is 1. The Kier molecular flexibility index (Phi) is 6.56. The zero-order valence-corrected chi connectivity index (χ0v) is 21.2. The Bertz CT molecular complexity index is 1450. The molecule has 2 aliphatic heterocycles. The molecule has 4 heterocycles. The van der Waals surface area contributed by atoms with Crippen molar-refractivity contribution in [1.29, 1.82) is 0 Å². The molecule has 2 fully saturated rings. The quantitative estimate of drug-likeness (QED) is 0.555. The smallest absolute Gasteiger partial charge is 0.259 e. The maximum Gasteiger partial charge on any atom is 0.259 e. The predicted octanol–water partition coefficient (Wildman–Crippen LogP) is 3.20. The first kappa shape index (κ1) is 23.9. The summed E-state index contributed by atoms with van der Waals surface area (Å²) in [5, 5.41) is 9.12. The average molecular weight is 504 g/mol. The lowest BCUT2D eigenvalue weighted by molar-refractivity contribution is 0.0515. The standard InChI is InChI=1S/C28H33N5O4/c1-18-14-24-22(26-23(28(35)31-24)17-30-33(26)20-6-10-36-11-7-20)15-21(18)27(34)29-16-19-4-2-3-5-25(19)32-8-12-37-13-9-32/h2,4,14-15,17,20H,3,5-13,16H2,1H3,(H,29,34)(H,31,35). The van der Waals surface area contributed by atoms with Crippen molar-refractivity contribution < 1.29 is 14.3 Å². The molecule has 0 saturated carbocycles. The van der Waals surface area contributed by atoms with Crippen LogP contribution in [-0.4, -0.2) is 71.6 Å². The van der Waals surface area contributed by atoms with E-state index in [0.29, 0.717) is 36.2 Å². The van der Waals surface area contributed by atoms with E-state index in [1.807, 2.05) is 23.7 Å². The van der Waals surface area contributed by atoms with Crippen LogP contribution in [0.3, 0.4) is 0 Å². The number of aromatic amines is 1. The van der Waals surface area contributed by atoms with E-state index >= 15 is 0 Å². The van der Waals surface area contributed by atoms with Gasteiger partial charge in [-0.2, -0.15) is 5.10 Å². The summed E-state index contributed by atoms with van der Waals surface area (Å²) in [5.74, 6) is -0.122. The van der Waals surface area contributed by atoms with E-state index in [1.165, 1.54) is 5.70 Å². The van der Waals surface area contributed by atoms with Crippen molar-refractivity contribution in [3.05, 3.63) is 63.2 Å². The average Bonchev–Trinajstić information content (AvgIpc) is 3.39. The van der Waals surface area contributed by atoms with Gasteiger partial charge in [0.15, 0.2) is 0 Å². The minimum atomic E-state index is -0.163. The monoisotopic (exact) mass is 503 g/mol. The third kappa shape index (κ3) is 4.57. The van der Waals surface area contributed by atoms with Crippen molar-refractivity contribution in [3.63, 3.8) is 0 Å². The van der Waals surface area contributed by atoms with Crippen LogP contribution in [0.1, 0.15) is 47.6 Å². The zero-order chi connectivity index (χ0) is 25.4. The van der Waals surface area contributed by atoms with Crippen LogP contribution < -0.4 is 10.9 Å². The Hall–Kier alpha value is -3.43. The molecule has 3 aromatic rings. The SMILES string of the molecule is Cc1cc2[nH]c(=O)c3cnn(C4CCOCC4)c3c2cc1C(=O)NCC1=C(N2CCOCC2)CCC=C1. The van der Waals surface area contributed by atoms with Crippen molar-refractivity contribution >= 4 is 27.7 Å². The van der Waals surface area contributed by atoms with Gasteiger partial charge in [-0.05, 0) is 55.9 Å². The largest absolute Gasteiger partial charge is 0.381 e. The molecular weight excluding hydrogens is 470 g/mol. The summed E-state index contributed by atoms with van der Waals surface area (Å²) in [6.45, 7) is 6.99. The van der Waals surface area contributed by atoms with Crippen LogP contribution in [-0.2, 0) is 9.47 Å². The van der Waals surface area contributed by atoms with Gasteiger partial charge in [0.25, 0.3) is 11.5 Å². The van der Waals surface area contributed by atoms with Gasteiger partial charge in [0.1, 0.15) is 0 Å². The van der Waals surface area contributed by atoms with Gasteiger partial charge in [0.2, 0.25) is 0 Å². The van der Waals surface area contributed by atoms with E-state index in [1.54, 1.807) is 6.20 Å². The van der Waals surface area contributed by atoms with Gasteiger partial charge < -0.3 is 24.7 Å². The molecule has 6 rings (SSSR count). The Labute approximate surface area is 215 Å². The molecular formula is C28H33N5O4. The van der Waals surface area contributed by atoms with Crippen LogP contribution in [0.5, 0.6) is 0 Å². The molecule has 2 aromatic heterocycles. The predicted molar refractivity (Wildman–Crippen MR) is 142 cm³/mol. The Morgan fingerprint density at radius 2 is 1.92 bits per heavy atom. The van der Waals surface area contributed by atoms with Gasteiger partial charge in [0.05, 0.1) is 41.9 Å². The van der Waals surface area contributed by atoms with Crippen LogP contribution in [0.15, 0.2) is 46.5 Å². The van der Waals surface area contributed by atoms with Crippen molar-refractivity contribution in [1.82, 2.24) is 25.0 Å². The molecule has 0 unspecified atom stereocenters. The minimum absolute atomic E-state index is 0.122. The third-order valence-electron chi connectivity index (χ3n) is 7.76. The number of rotatable bonds is 5. The number of allylic oxidation sites excluding steroid dienone is 2. The van der Waals surface area contributed by atoms with Gasteiger partial charge in [0, 0.05) is 49.5 Å². The highest BCUT2D eigenvalue weighted by molar-refractivity contribution is 6.07. The van der Waals surface area contributed by atoms with Crippen molar-refractivity contribution in [2.45, 2.75) is 38.6 Å². The number of fused-ring (bicyclic) bond motifs is 3. The first-order chi connectivity index (χ1) is 18.1. The van der Waals surface area contributed by atoms with E-state index in [2.05, 4.69) is 32.5 Å². The fourth-order valence-electron chi connectivity index (χ4n) is 5.77. The number of pyridine rings is 1. The van der Waals surface area contributed by atoms with E-state index in [9.17, 15) is 9.59 Å². The number of ether oxygens (including phenoxy) is 2. The molecule has 9 heteroatoms. The minimum Gasteiger partial charge on any atom is -0.381 e. The van der Waals surface area contributed by atoms with Crippen LogP contribution in [0.25, 0.3) is 21.8 Å². The number of carbonyl (C=O) groups excluding carboxylic acids is 1. The number of hydrogen-bond acceptors (Lipinski definition) is 6. The second kappa shape index (κ2) is 10.1. The Balaban J connectivity index is 1.33. The molecule has 3 aliphatic rings. The molecule has 1 aromatic carbocycles. The second-order valence-corrected chi connectivity index (χ2v) is 10.1. The number of morpholine rings is 1. The van der Waals surface area contributed by atoms with Gasteiger partial charge in [-0.1, -0.05) is 12.2 Å². The normalized spacial score (nSPS) is 19.2. The Morgan fingerprint density at radius 1 is 1.14 bits per heavy atom. The van der Waals surface area contributed by atoms with Crippen molar-refractivity contribution in [3.8, 4) is 0 Å². The summed E-state index contributed by atoms with van der Waals surface area (Å²) in [7, 11) is 0. The van der Waals surface area contributed by atoms with Crippen LogP contribution in [0.2, 0.25) is 0 Å². The second-order valence-electron chi connectivity index (χ2n) is 10.1. The van der Waals surface area contributed by atoms with Crippen LogP contribution in [0.4, 0.5) is 0 Å². The van der Waals surface area contributed by atoms with Gasteiger partial charge >= 0.3 is 0 Å². The molecule has 9 nitrogen and oxygen atoms in total. The topological polar surface area (TPSA) is 101 Å². The summed E-state index contributed by atoms with van der Waals surface area (Å²) < 4.78 is 13.0. The van der Waals surface area contributed by atoms with Gasteiger partial charge in [-0.15, -0.1) is 0 Å². The number of nitrogens with zero attached hydrogens (tertiary/aromatic N) is 3. The van der Waals surface area contributed by atoms with E-state index in [0.717, 1.165) is 74.0 Å². The molecule has 0 bridgehead atoms. The lowest BCUT2D eigenvalue weighted by Crippen LogP contribution is -2.37. The number of nitrogens with one attached hydrogen (secondary N) is 2. The van der Waals surface area contributed by atoms with Crippen molar-refractivity contribution in [2.75, 3.05) is 46.1 Å². The molecule has 194 valence electrons. The molecule has 1 aliphatic carbocycles. The maximum absolute atomic E-state index is 13.5. The number of benzene rings is 1. The number of carbonyl (C=O) groups is 1. The Morgan fingerprint density at radius 3 is 2.73 bits per heavy atom. The fraction of sp³-hybridized carbons (Fsp3) is 0.464. The highest BCUT2D eigenvalue weighted by Crippen LogP contribution is 2.30. The van der Waals surface area contributed by atoms with Gasteiger partial charge in [-0.25, -0.2) is 0 Å². The highest BCUT2D eigenvalue weighted by Gasteiger charge is 2.23. The molecule has 1 amide bonds. The molecule has 2 saturated heterocycles. The fourth-order valence-corrected chi connectivity index (χ4v) is 5.77. The lowest BCUT2D eigenvalue weighted by Gasteiger charge is -2.33. The summed E-state index contributed by atoms with van der Waals surface area (Å²) >= 11 is 0. The summed E-state index contributed by atoms with van der Waals surface area (Å²) in [6, 6.07) is 3.97.